The van der Waals surface area contributed by atoms with E-state index in [9.17, 15) is 5.11 Å². The van der Waals surface area contributed by atoms with Crippen molar-refractivity contribution in [1.82, 2.24) is 9.88 Å². The molecule has 1 aromatic heterocycles. The minimum Gasteiger partial charge on any atom is -0.389 e. The lowest BCUT2D eigenvalue weighted by atomic mass is 10.0. The van der Waals surface area contributed by atoms with Gasteiger partial charge in [-0.25, -0.2) is 0 Å². The van der Waals surface area contributed by atoms with Crippen molar-refractivity contribution in [2.45, 2.75) is 31.7 Å². The summed E-state index contributed by atoms with van der Waals surface area (Å²) in [4.78, 5) is 6.20. The van der Waals surface area contributed by atoms with Crippen LogP contribution in [0.25, 0.3) is 0 Å². The Balaban J connectivity index is 2.03. The number of rotatable bonds is 4. The molecule has 0 radical (unpaired) electrons. The Kier molecular flexibility index (Phi) is 4.87. The maximum atomic E-state index is 10.3. The first-order chi connectivity index (χ1) is 9.13. The molecule has 0 aromatic carbocycles. The van der Waals surface area contributed by atoms with Gasteiger partial charge in [-0.3, -0.25) is 9.88 Å². The third kappa shape index (κ3) is 3.30. The summed E-state index contributed by atoms with van der Waals surface area (Å²) in [7, 11) is 3.60. The lowest BCUT2D eigenvalue weighted by Crippen LogP contribution is -2.55. The van der Waals surface area contributed by atoms with Gasteiger partial charge >= 0.3 is 0 Å². The summed E-state index contributed by atoms with van der Waals surface area (Å²) in [5.41, 5.74) is 2.37. The molecule has 5 nitrogen and oxygen atoms in total. The number of aromatic nitrogens is 1. The van der Waals surface area contributed by atoms with E-state index >= 15 is 0 Å². The molecule has 0 unspecified atom stereocenters. The maximum Gasteiger partial charge on any atom is 0.108 e. The second kappa shape index (κ2) is 6.43. The number of aliphatic hydroxyl groups excluding tert-OH is 1. The van der Waals surface area contributed by atoms with Crippen molar-refractivity contribution >= 4 is 0 Å². The highest BCUT2D eigenvalue weighted by Crippen LogP contribution is 2.18. The van der Waals surface area contributed by atoms with Gasteiger partial charge in [0.2, 0.25) is 0 Å². The molecular formula is C14H22N2O3. The lowest BCUT2D eigenvalue weighted by molar-refractivity contribution is -0.142. The monoisotopic (exact) mass is 266 g/mol. The van der Waals surface area contributed by atoms with E-state index in [1.165, 1.54) is 5.56 Å². The topological polar surface area (TPSA) is 54.8 Å². The van der Waals surface area contributed by atoms with Crippen molar-refractivity contribution in [2.75, 3.05) is 27.4 Å². The van der Waals surface area contributed by atoms with Crippen molar-refractivity contribution in [3.05, 3.63) is 29.6 Å². The van der Waals surface area contributed by atoms with Gasteiger partial charge in [-0.15, -0.1) is 0 Å². The zero-order valence-corrected chi connectivity index (χ0v) is 11.7. The minimum atomic E-state index is -0.522. The predicted octanol–water partition coefficient (Wildman–Crippen LogP) is 0.597. The van der Waals surface area contributed by atoms with Crippen LogP contribution in [0.1, 0.15) is 11.1 Å². The molecule has 0 aliphatic carbocycles. The molecule has 2 heterocycles. The molecule has 1 saturated heterocycles. The number of aryl methyl sites for hydroxylation is 1. The van der Waals surface area contributed by atoms with E-state index < -0.39 is 6.10 Å². The van der Waals surface area contributed by atoms with Crippen molar-refractivity contribution in [2.24, 2.45) is 0 Å². The molecule has 1 N–H and O–H groups in total. The fourth-order valence-electron chi connectivity index (χ4n) is 2.41. The molecule has 1 aliphatic heterocycles. The number of ether oxygens (including phenoxy) is 2. The SMILES string of the molecule is CO[C@@H]1COC[C@@H](N(C)Cc2ccncc2C)[C@@H]1O. The number of likely N-dealkylation sites (N-methyl/N-ethyl adjacent to an activating group) is 1. The van der Waals surface area contributed by atoms with E-state index in [2.05, 4.69) is 9.88 Å². The smallest absolute Gasteiger partial charge is 0.108 e. The first kappa shape index (κ1) is 14.4. The summed E-state index contributed by atoms with van der Waals surface area (Å²) in [5.74, 6) is 0. The van der Waals surface area contributed by atoms with Crippen LogP contribution in [-0.4, -0.2) is 60.6 Å². The Hall–Kier alpha value is -1.01. The number of nitrogens with zero attached hydrogens (tertiary/aromatic N) is 2. The van der Waals surface area contributed by atoms with Gasteiger partial charge in [-0.05, 0) is 31.2 Å². The van der Waals surface area contributed by atoms with Crippen LogP contribution in [0, 0.1) is 6.92 Å². The highest BCUT2D eigenvalue weighted by atomic mass is 16.5. The predicted molar refractivity (Wildman–Crippen MR) is 71.9 cm³/mol. The molecule has 1 aromatic rings. The largest absolute Gasteiger partial charge is 0.389 e. The summed E-state index contributed by atoms with van der Waals surface area (Å²) in [5, 5.41) is 10.3. The normalized spacial score (nSPS) is 27.7. The molecule has 2 rings (SSSR count). The van der Waals surface area contributed by atoms with Crippen LogP contribution in [0.4, 0.5) is 0 Å². The molecule has 1 fully saturated rings. The molecule has 19 heavy (non-hydrogen) atoms. The quantitative estimate of drug-likeness (QED) is 0.865. The molecule has 3 atom stereocenters. The zero-order valence-electron chi connectivity index (χ0n) is 11.7. The van der Waals surface area contributed by atoms with Crippen LogP contribution < -0.4 is 0 Å². The third-order valence-corrected chi connectivity index (χ3v) is 3.77. The average Bonchev–Trinajstić information content (AvgIpc) is 2.41. The van der Waals surface area contributed by atoms with E-state index in [1.54, 1.807) is 13.3 Å². The van der Waals surface area contributed by atoms with Gasteiger partial charge in [-0.1, -0.05) is 0 Å². The average molecular weight is 266 g/mol. The Bertz CT molecular complexity index is 413. The first-order valence-electron chi connectivity index (χ1n) is 6.51. The number of pyridine rings is 1. The second-order valence-electron chi connectivity index (χ2n) is 5.09. The van der Waals surface area contributed by atoms with Crippen LogP contribution in [0.2, 0.25) is 0 Å². The molecule has 106 valence electrons. The summed E-state index contributed by atoms with van der Waals surface area (Å²) >= 11 is 0. The summed E-state index contributed by atoms with van der Waals surface area (Å²) in [6.45, 7) is 3.79. The van der Waals surface area contributed by atoms with Crippen molar-refractivity contribution in [1.29, 1.82) is 0 Å². The van der Waals surface area contributed by atoms with Crippen LogP contribution in [0.3, 0.4) is 0 Å². The minimum absolute atomic E-state index is 0.0498. The maximum absolute atomic E-state index is 10.3. The van der Waals surface area contributed by atoms with E-state index in [0.29, 0.717) is 13.2 Å². The van der Waals surface area contributed by atoms with E-state index in [-0.39, 0.29) is 12.1 Å². The molecule has 0 saturated carbocycles. The van der Waals surface area contributed by atoms with Crippen molar-refractivity contribution < 1.29 is 14.6 Å². The van der Waals surface area contributed by atoms with Crippen LogP contribution in [0.15, 0.2) is 18.5 Å². The van der Waals surface area contributed by atoms with Crippen molar-refractivity contribution in [3.63, 3.8) is 0 Å². The molecule has 0 amide bonds. The van der Waals surface area contributed by atoms with Crippen LogP contribution >= 0.6 is 0 Å². The van der Waals surface area contributed by atoms with E-state index in [4.69, 9.17) is 9.47 Å². The number of hydrogen-bond donors (Lipinski definition) is 1. The Labute approximate surface area is 114 Å². The Morgan fingerprint density at radius 1 is 1.53 bits per heavy atom. The van der Waals surface area contributed by atoms with E-state index in [0.717, 1.165) is 12.1 Å². The van der Waals surface area contributed by atoms with Gasteiger partial charge in [0.15, 0.2) is 0 Å². The number of hydrogen-bond acceptors (Lipinski definition) is 5. The molecule has 0 bridgehead atoms. The lowest BCUT2D eigenvalue weighted by Gasteiger charge is -2.39. The van der Waals surface area contributed by atoms with Gasteiger partial charge < -0.3 is 14.6 Å². The Morgan fingerprint density at radius 3 is 3.00 bits per heavy atom. The highest BCUT2D eigenvalue weighted by molar-refractivity contribution is 5.21. The fourth-order valence-corrected chi connectivity index (χ4v) is 2.41. The fraction of sp³-hybridized carbons (Fsp3) is 0.643. The van der Waals surface area contributed by atoms with Gasteiger partial charge in [0.1, 0.15) is 12.2 Å². The molecule has 0 spiro atoms. The molecular weight excluding hydrogens is 244 g/mol. The molecule has 5 heteroatoms. The van der Waals surface area contributed by atoms with Gasteiger partial charge in [-0.2, -0.15) is 0 Å². The van der Waals surface area contributed by atoms with Crippen molar-refractivity contribution in [3.8, 4) is 0 Å². The van der Waals surface area contributed by atoms with Gasteiger partial charge in [0, 0.05) is 26.0 Å². The second-order valence-corrected chi connectivity index (χ2v) is 5.09. The van der Waals surface area contributed by atoms with E-state index in [1.807, 2.05) is 26.2 Å². The number of methoxy groups -OCH3 is 1. The Morgan fingerprint density at radius 2 is 2.32 bits per heavy atom. The molecule has 1 aliphatic rings. The van der Waals surface area contributed by atoms with Gasteiger partial charge in [0.25, 0.3) is 0 Å². The van der Waals surface area contributed by atoms with Crippen LogP contribution in [-0.2, 0) is 16.0 Å². The van der Waals surface area contributed by atoms with Crippen LogP contribution in [0.5, 0.6) is 0 Å². The highest BCUT2D eigenvalue weighted by Gasteiger charge is 2.35. The summed E-state index contributed by atoms with van der Waals surface area (Å²) in [6.07, 6.45) is 2.88. The number of aliphatic hydroxyl groups is 1. The standard InChI is InChI=1S/C14H22N2O3/c1-10-6-15-5-4-11(10)7-16(2)12-8-19-9-13(18-3)14(12)17/h4-6,12-14,17H,7-9H2,1-3H3/t12-,13-,14+/m1/s1. The first-order valence-corrected chi connectivity index (χ1v) is 6.51. The summed E-state index contributed by atoms with van der Waals surface area (Å²) < 4.78 is 10.8. The zero-order chi connectivity index (χ0) is 13.8. The van der Waals surface area contributed by atoms with Gasteiger partial charge in [0.05, 0.1) is 19.3 Å². The third-order valence-electron chi connectivity index (χ3n) is 3.77. The summed E-state index contributed by atoms with van der Waals surface area (Å²) in [6, 6.07) is 1.96.